The van der Waals surface area contributed by atoms with E-state index in [9.17, 15) is 43.2 Å². The number of aliphatic hydroxyl groups excluding tert-OH is 1. The summed E-state index contributed by atoms with van der Waals surface area (Å²) in [6, 6.07) is 0. The topological polar surface area (TPSA) is 237 Å². The van der Waals surface area contributed by atoms with E-state index in [1.165, 1.54) is 154 Å². The van der Waals surface area contributed by atoms with E-state index in [1.54, 1.807) is 0 Å². The van der Waals surface area contributed by atoms with E-state index in [-0.39, 0.29) is 25.7 Å². The summed E-state index contributed by atoms with van der Waals surface area (Å²) >= 11 is 0. The van der Waals surface area contributed by atoms with E-state index in [4.69, 9.17) is 37.0 Å². The zero-order chi connectivity index (χ0) is 69.4. The quantitative estimate of drug-likeness (QED) is 0.0169. The molecule has 0 fully saturated rings. The fraction of sp³-hybridized carbons (Fsp3) is 0.893. The Bertz CT molecular complexity index is 1930. The zero-order valence-electron chi connectivity index (χ0n) is 60.9. The van der Waals surface area contributed by atoms with Crippen molar-refractivity contribution >= 4 is 39.5 Å². The summed E-state index contributed by atoms with van der Waals surface area (Å²) in [5.74, 6) is 0.112. The molecule has 3 N–H and O–H groups in total. The smallest absolute Gasteiger partial charge is 0.462 e. The second kappa shape index (κ2) is 65.2. The first-order valence-electron chi connectivity index (χ1n) is 38.2. The summed E-state index contributed by atoms with van der Waals surface area (Å²) in [4.78, 5) is 72.8. The first-order valence-corrected chi connectivity index (χ1v) is 41.2. The molecular formula is C75H142O17P2. The number of phosphoric ester groups is 2. The van der Waals surface area contributed by atoms with Crippen LogP contribution in [0.5, 0.6) is 0 Å². The van der Waals surface area contributed by atoms with Crippen LogP contribution in [0.2, 0.25) is 0 Å². The molecule has 0 spiro atoms. The minimum atomic E-state index is -4.96. The molecule has 0 saturated heterocycles. The average Bonchev–Trinajstić information content (AvgIpc) is 2.53. The molecule has 94 heavy (non-hydrogen) atoms. The molecule has 0 aliphatic heterocycles. The van der Waals surface area contributed by atoms with Crippen LogP contribution in [0, 0.1) is 17.8 Å². The van der Waals surface area contributed by atoms with Crippen molar-refractivity contribution in [3.05, 3.63) is 24.3 Å². The number of allylic oxidation sites excluding steroid dienone is 4. The molecule has 0 aromatic carbocycles. The molecule has 0 amide bonds. The third-order valence-corrected chi connectivity index (χ3v) is 18.7. The number of hydrogen-bond acceptors (Lipinski definition) is 15. The van der Waals surface area contributed by atoms with Crippen molar-refractivity contribution in [2.45, 2.75) is 375 Å². The van der Waals surface area contributed by atoms with Gasteiger partial charge in [0.15, 0.2) is 12.2 Å². The first-order chi connectivity index (χ1) is 45.2. The second-order valence-corrected chi connectivity index (χ2v) is 30.7. The summed E-state index contributed by atoms with van der Waals surface area (Å²) < 4.78 is 68.5. The van der Waals surface area contributed by atoms with Gasteiger partial charge in [0.05, 0.1) is 26.4 Å². The van der Waals surface area contributed by atoms with Crippen molar-refractivity contribution in [2.75, 3.05) is 39.6 Å². The van der Waals surface area contributed by atoms with Gasteiger partial charge in [-0.1, -0.05) is 304 Å². The molecule has 554 valence electrons. The lowest BCUT2D eigenvalue weighted by Crippen LogP contribution is -2.30. The van der Waals surface area contributed by atoms with Crippen LogP contribution in [0.25, 0.3) is 0 Å². The van der Waals surface area contributed by atoms with Crippen LogP contribution in [0.3, 0.4) is 0 Å². The van der Waals surface area contributed by atoms with Gasteiger partial charge in [0.2, 0.25) is 0 Å². The maximum atomic E-state index is 13.1. The van der Waals surface area contributed by atoms with Crippen LogP contribution in [0.1, 0.15) is 357 Å². The molecule has 19 heteroatoms. The van der Waals surface area contributed by atoms with E-state index < -0.39 is 97.5 Å². The van der Waals surface area contributed by atoms with E-state index in [0.29, 0.717) is 25.7 Å². The van der Waals surface area contributed by atoms with Crippen molar-refractivity contribution in [2.24, 2.45) is 17.8 Å². The molecule has 0 bridgehead atoms. The lowest BCUT2D eigenvalue weighted by molar-refractivity contribution is -0.161. The number of hydrogen-bond donors (Lipinski definition) is 3. The predicted molar refractivity (Wildman–Crippen MR) is 381 cm³/mol. The number of unbranched alkanes of at least 4 members (excludes halogenated alkanes) is 36. The molecule has 0 saturated carbocycles. The standard InChI is InChI=1S/C75H142O17P2/c1-8-9-10-11-12-13-14-15-16-17-20-29-37-44-51-58-74(79)91-70(62-85-72(77)56-49-42-35-28-21-18-19-25-32-39-46-53-66(2)3)64-89-93(81,82)87-60-69(76)61-88-94(83,84)90-65-71(63-86-73(78)57-50-43-36-31-24-27-34-41-48-55-68(6)7)92-75(80)59-52-45-38-30-23-22-26-33-40-47-54-67(4)5/h13-16,66-71,76H,8-12,17-65H2,1-7H3,(H,81,82)(H,83,84)/b14-13-,16-15-/t69-,70-,71-/m1/s1. The van der Waals surface area contributed by atoms with E-state index in [2.05, 4.69) is 72.8 Å². The second-order valence-electron chi connectivity index (χ2n) is 27.8. The Morgan fingerprint density at radius 1 is 0.330 bits per heavy atom. The maximum absolute atomic E-state index is 13.1. The summed E-state index contributed by atoms with van der Waals surface area (Å²) in [6.45, 7) is 11.8. The van der Waals surface area contributed by atoms with E-state index in [1.807, 2.05) is 0 Å². The number of rotatable bonds is 71. The van der Waals surface area contributed by atoms with Gasteiger partial charge in [-0.3, -0.25) is 37.3 Å². The highest BCUT2D eigenvalue weighted by atomic mass is 31.2. The molecular weight excluding hydrogens is 1230 g/mol. The van der Waals surface area contributed by atoms with Crippen LogP contribution in [0.15, 0.2) is 24.3 Å². The average molecular weight is 1380 g/mol. The number of aliphatic hydroxyl groups is 1. The number of phosphoric acid groups is 2. The molecule has 0 rings (SSSR count). The Balaban J connectivity index is 5.31. The maximum Gasteiger partial charge on any atom is 0.472 e. The van der Waals surface area contributed by atoms with Crippen LogP contribution in [-0.2, 0) is 65.4 Å². The van der Waals surface area contributed by atoms with E-state index >= 15 is 0 Å². The van der Waals surface area contributed by atoms with Crippen LogP contribution >= 0.6 is 15.6 Å². The fourth-order valence-electron chi connectivity index (χ4n) is 10.9. The van der Waals surface area contributed by atoms with Crippen molar-refractivity contribution in [3.63, 3.8) is 0 Å². The van der Waals surface area contributed by atoms with Gasteiger partial charge in [0.25, 0.3) is 0 Å². The molecule has 0 aliphatic carbocycles. The third-order valence-electron chi connectivity index (χ3n) is 16.8. The van der Waals surface area contributed by atoms with Crippen LogP contribution in [0.4, 0.5) is 0 Å². The van der Waals surface area contributed by atoms with Crippen molar-refractivity contribution < 1.29 is 80.2 Å². The van der Waals surface area contributed by atoms with Gasteiger partial charge in [-0.2, -0.15) is 0 Å². The molecule has 0 heterocycles. The number of esters is 4. The summed E-state index contributed by atoms with van der Waals surface area (Å²) in [5, 5.41) is 10.6. The Kier molecular flexibility index (Phi) is 63.5. The monoisotopic (exact) mass is 1380 g/mol. The van der Waals surface area contributed by atoms with Gasteiger partial charge in [0.1, 0.15) is 19.3 Å². The van der Waals surface area contributed by atoms with Crippen molar-refractivity contribution in [1.82, 2.24) is 0 Å². The number of carbonyl (C=O) groups is 4. The van der Waals surface area contributed by atoms with Crippen molar-refractivity contribution in [3.8, 4) is 0 Å². The highest BCUT2D eigenvalue weighted by Gasteiger charge is 2.30. The van der Waals surface area contributed by atoms with Crippen LogP contribution < -0.4 is 0 Å². The Morgan fingerprint density at radius 3 is 0.862 bits per heavy atom. The summed E-state index contributed by atoms with van der Waals surface area (Å²) in [7, 11) is -9.92. The molecule has 0 radical (unpaired) electrons. The molecule has 5 atom stereocenters. The normalized spacial score (nSPS) is 14.3. The molecule has 17 nitrogen and oxygen atoms in total. The first kappa shape index (κ1) is 91.5. The SMILES string of the molecule is CCCCCC/C=C\C=C/CCCCCCCC(=O)O[C@H](COC(=O)CCCCCCCCCCCCCC(C)C)COP(=O)(O)OC[C@@H](O)COP(=O)(O)OC[C@@H](COC(=O)CCCCCCCCCCCC(C)C)OC(=O)CCCCCCCCCCCCC(C)C. The molecule has 0 aromatic rings. The molecule has 0 aromatic heterocycles. The number of ether oxygens (including phenoxy) is 4. The molecule has 0 aliphatic rings. The summed E-state index contributed by atoms with van der Waals surface area (Å²) in [6.07, 6.45) is 53.5. The number of carbonyl (C=O) groups excluding carboxylic acids is 4. The highest BCUT2D eigenvalue weighted by molar-refractivity contribution is 7.47. The van der Waals surface area contributed by atoms with Gasteiger partial charge in [0, 0.05) is 25.7 Å². The van der Waals surface area contributed by atoms with Gasteiger partial charge >= 0.3 is 39.5 Å². The van der Waals surface area contributed by atoms with Gasteiger partial charge in [-0.25, -0.2) is 9.13 Å². The zero-order valence-corrected chi connectivity index (χ0v) is 62.7. The fourth-order valence-corrected chi connectivity index (χ4v) is 12.5. The van der Waals surface area contributed by atoms with E-state index in [0.717, 1.165) is 120 Å². The largest absolute Gasteiger partial charge is 0.472 e. The van der Waals surface area contributed by atoms with Crippen molar-refractivity contribution in [1.29, 1.82) is 0 Å². The Hall–Kier alpha value is -2.46. The van der Waals surface area contributed by atoms with Gasteiger partial charge in [-0.05, 0) is 69.1 Å². The summed E-state index contributed by atoms with van der Waals surface area (Å²) in [5.41, 5.74) is 0. The molecule has 2 unspecified atom stereocenters. The minimum Gasteiger partial charge on any atom is -0.462 e. The predicted octanol–water partition coefficient (Wildman–Crippen LogP) is 21.3. The lowest BCUT2D eigenvalue weighted by atomic mass is 10.0. The minimum absolute atomic E-state index is 0.0846. The lowest BCUT2D eigenvalue weighted by Gasteiger charge is -2.21. The Morgan fingerprint density at radius 2 is 0.574 bits per heavy atom. The van der Waals surface area contributed by atoms with Gasteiger partial charge in [-0.15, -0.1) is 0 Å². The van der Waals surface area contributed by atoms with Gasteiger partial charge < -0.3 is 33.8 Å². The Labute approximate surface area is 573 Å². The highest BCUT2D eigenvalue weighted by Crippen LogP contribution is 2.45. The third kappa shape index (κ3) is 68.1. The van der Waals surface area contributed by atoms with Crippen LogP contribution in [-0.4, -0.2) is 96.7 Å².